The number of carboxylic acid groups (broad SMARTS) is 1. The summed E-state index contributed by atoms with van der Waals surface area (Å²) in [5.74, 6) is -2.35. The molecule has 1 amide bonds. The normalized spacial score (nSPS) is 11.2. The topological polar surface area (TPSA) is 66.4 Å². The molecule has 0 heterocycles. The first kappa shape index (κ1) is 14.5. The number of carbonyl (C=O) groups excluding carboxylic acids is 1. The zero-order valence-corrected chi connectivity index (χ0v) is 10.5. The Labute approximate surface area is 108 Å². The number of aromatic carboxylic acids is 1. The van der Waals surface area contributed by atoms with Crippen molar-refractivity contribution in [3.05, 3.63) is 27.7 Å². The van der Waals surface area contributed by atoms with Crippen molar-refractivity contribution in [3.63, 3.8) is 0 Å². The predicted octanol–water partition coefficient (Wildman–Crippen LogP) is 3.12. The summed E-state index contributed by atoms with van der Waals surface area (Å²) in [4.78, 5) is 21.8. The number of hydrogen-bond acceptors (Lipinski definition) is 2. The van der Waals surface area contributed by atoms with E-state index in [1.54, 1.807) is 0 Å². The third-order valence-electron chi connectivity index (χ3n) is 1.97. The van der Waals surface area contributed by atoms with Gasteiger partial charge in [-0.05, 0) is 12.1 Å². The number of halogens is 4. The number of hydrogen-bond donors (Lipinski definition) is 2. The van der Waals surface area contributed by atoms with Gasteiger partial charge >= 0.3 is 12.1 Å². The van der Waals surface area contributed by atoms with Crippen molar-refractivity contribution in [1.29, 1.82) is 0 Å². The van der Waals surface area contributed by atoms with Gasteiger partial charge in [-0.2, -0.15) is 13.2 Å². The summed E-state index contributed by atoms with van der Waals surface area (Å²) < 4.78 is 38.1. The summed E-state index contributed by atoms with van der Waals surface area (Å²) in [6, 6.07) is 1.95. The van der Waals surface area contributed by atoms with Gasteiger partial charge in [-0.25, -0.2) is 4.79 Å². The molecule has 0 saturated carbocycles. The van der Waals surface area contributed by atoms with Crippen LogP contribution in [-0.2, 0) is 11.0 Å². The van der Waals surface area contributed by atoms with E-state index in [-0.39, 0.29) is 4.47 Å². The van der Waals surface area contributed by atoms with Crippen LogP contribution in [0.4, 0.5) is 18.9 Å². The molecule has 1 aromatic rings. The number of carboxylic acids is 1. The van der Waals surface area contributed by atoms with Gasteiger partial charge in [0.05, 0.1) is 16.8 Å². The van der Waals surface area contributed by atoms with Crippen LogP contribution < -0.4 is 5.32 Å². The van der Waals surface area contributed by atoms with Crippen LogP contribution in [-0.4, -0.2) is 17.0 Å². The molecule has 0 bridgehead atoms. The molecule has 8 heteroatoms. The number of nitrogens with one attached hydrogen (secondary N) is 1. The molecule has 1 aromatic carbocycles. The van der Waals surface area contributed by atoms with Crippen molar-refractivity contribution in [2.75, 3.05) is 5.32 Å². The van der Waals surface area contributed by atoms with Crippen molar-refractivity contribution in [2.24, 2.45) is 0 Å². The summed E-state index contributed by atoms with van der Waals surface area (Å²) in [6.07, 6.45) is -4.79. The Hall–Kier alpha value is -1.57. The van der Waals surface area contributed by atoms with Gasteiger partial charge < -0.3 is 10.4 Å². The fraction of sp³-hybridized carbons (Fsp3) is 0.200. The lowest BCUT2D eigenvalue weighted by Gasteiger charge is -2.16. The van der Waals surface area contributed by atoms with E-state index in [0.29, 0.717) is 0 Å². The number of amides is 1. The van der Waals surface area contributed by atoms with E-state index < -0.39 is 34.9 Å². The maximum atomic E-state index is 12.8. The third kappa shape index (κ3) is 3.00. The molecule has 0 fully saturated rings. The van der Waals surface area contributed by atoms with Crippen LogP contribution in [0.25, 0.3) is 0 Å². The first-order valence-electron chi connectivity index (χ1n) is 4.55. The Balaban J connectivity index is 3.60. The highest BCUT2D eigenvalue weighted by Gasteiger charge is 2.38. The molecule has 0 aliphatic heterocycles. The Bertz CT molecular complexity index is 514. The smallest absolute Gasteiger partial charge is 0.419 e. The Morgan fingerprint density at radius 1 is 1.33 bits per heavy atom. The summed E-state index contributed by atoms with van der Waals surface area (Å²) in [5.41, 5.74) is -2.62. The van der Waals surface area contributed by atoms with Gasteiger partial charge in [0.2, 0.25) is 5.91 Å². The fourth-order valence-electron chi connectivity index (χ4n) is 1.34. The molecular formula is C10H7BrF3NO3. The SMILES string of the molecule is CC(=O)Nc1c(C(=O)O)ccc(Br)c1C(F)(F)F. The predicted molar refractivity (Wildman–Crippen MR) is 60.4 cm³/mol. The molecule has 0 unspecified atom stereocenters. The molecule has 0 aliphatic carbocycles. The molecule has 0 aromatic heterocycles. The largest absolute Gasteiger partial charge is 0.478 e. The molecule has 0 atom stereocenters. The number of benzene rings is 1. The highest BCUT2D eigenvalue weighted by atomic mass is 79.9. The van der Waals surface area contributed by atoms with Gasteiger partial charge in [0.15, 0.2) is 0 Å². The van der Waals surface area contributed by atoms with Crippen molar-refractivity contribution in [1.82, 2.24) is 0 Å². The number of alkyl halides is 3. The zero-order valence-electron chi connectivity index (χ0n) is 8.93. The van der Waals surface area contributed by atoms with Crippen molar-refractivity contribution in [2.45, 2.75) is 13.1 Å². The maximum Gasteiger partial charge on any atom is 0.419 e. The lowest BCUT2D eigenvalue weighted by Crippen LogP contribution is -2.18. The van der Waals surface area contributed by atoms with E-state index in [1.165, 1.54) is 0 Å². The summed E-state index contributed by atoms with van der Waals surface area (Å²) in [6.45, 7) is 0.993. The monoisotopic (exact) mass is 325 g/mol. The van der Waals surface area contributed by atoms with Gasteiger partial charge in [0.25, 0.3) is 0 Å². The van der Waals surface area contributed by atoms with Gasteiger partial charge in [0, 0.05) is 11.4 Å². The molecule has 0 spiro atoms. The second-order valence-corrected chi connectivity index (χ2v) is 4.18. The number of rotatable bonds is 2. The van der Waals surface area contributed by atoms with Crippen LogP contribution in [0, 0.1) is 0 Å². The lowest BCUT2D eigenvalue weighted by molar-refractivity contribution is -0.137. The first-order chi connectivity index (χ1) is 8.14. The standard InChI is InChI=1S/C10H7BrF3NO3/c1-4(16)15-8-5(9(17)18)2-3-6(11)7(8)10(12,13)14/h2-3H,1H3,(H,15,16)(H,17,18). The van der Waals surface area contributed by atoms with Crippen LogP contribution in [0.1, 0.15) is 22.8 Å². The minimum atomic E-state index is -4.79. The molecule has 18 heavy (non-hydrogen) atoms. The van der Waals surface area contributed by atoms with Crippen LogP contribution in [0.15, 0.2) is 16.6 Å². The second kappa shape index (κ2) is 4.97. The minimum absolute atomic E-state index is 0.344. The zero-order chi connectivity index (χ0) is 14.1. The fourth-order valence-corrected chi connectivity index (χ4v) is 1.89. The Kier molecular flexibility index (Phi) is 4.00. The highest BCUT2D eigenvalue weighted by Crippen LogP contribution is 2.41. The average molecular weight is 326 g/mol. The first-order valence-corrected chi connectivity index (χ1v) is 5.34. The number of carbonyl (C=O) groups is 2. The van der Waals surface area contributed by atoms with E-state index in [1.807, 2.05) is 5.32 Å². The van der Waals surface area contributed by atoms with Crippen molar-refractivity contribution >= 4 is 33.5 Å². The van der Waals surface area contributed by atoms with E-state index >= 15 is 0 Å². The Morgan fingerprint density at radius 3 is 2.28 bits per heavy atom. The van der Waals surface area contributed by atoms with Gasteiger partial charge in [-0.3, -0.25) is 4.79 Å². The van der Waals surface area contributed by atoms with Gasteiger partial charge in [-0.15, -0.1) is 0 Å². The maximum absolute atomic E-state index is 12.8. The van der Waals surface area contributed by atoms with Crippen LogP contribution in [0.2, 0.25) is 0 Å². The van der Waals surface area contributed by atoms with E-state index in [0.717, 1.165) is 19.1 Å². The Morgan fingerprint density at radius 2 is 1.89 bits per heavy atom. The molecule has 4 nitrogen and oxygen atoms in total. The molecule has 1 rings (SSSR count). The molecule has 0 saturated heterocycles. The van der Waals surface area contributed by atoms with E-state index in [9.17, 15) is 22.8 Å². The van der Waals surface area contributed by atoms with Crippen LogP contribution in [0.3, 0.4) is 0 Å². The molecule has 0 radical (unpaired) electrons. The van der Waals surface area contributed by atoms with Gasteiger partial charge in [0.1, 0.15) is 0 Å². The summed E-state index contributed by atoms with van der Waals surface area (Å²) in [5, 5.41) is 10.7. The summed E-state index contributed by atoms with van der Waals surface area (Å²) in [7, 11) is 0. The van der Waals surface area contributed by atoms with E-state index in [4.69, 9.17) is 5.11 Å². The van der Waals surface area contributed by atoms with Crippen LogP contribution in [0.5, 0.6) is 0 Å². The molecule has 98 valence electrons. The minimum Gasteiger partial charge on any atom is -0.478 e. The van der Waals surface area contributed by atoms with E-state index in [2.05, 4.69) is 15.9 Å². The average Bonchev–Trinajstić information content (AvgIpc) is 2.13. The second-order valence-electron chi connectivity index (χ2n) is 3.33. The lowest BCUT2D eigenvalue weighted by atomic mass is 10.1. The summed E-state index contributed by atoms with van der Waals surface area (Å²) >= 11 is 2.69. The molecular weight excluding hydrogens is 319 g/mol. The van der Waals surface area contributed by atoms with Crippen LogP contribution >= 0.6 is 15.9 Å². The van der Waals surface area contributed by atoms with Gasteiger partial charge in [-0.1, -0.05) is 15.9 Å². The van der Waals surface area contributed by atoms with Crippen molar-refractivity contribution in [3.8, 4) is 0 Å². The third-order valence-corrected chi connectivity index (χ3v) is 2.63. The quantitative estimate of drug-likeness (QED) is 0.877. The molecule has 0 aliphatic rings. The molecule has 2 N–H and O–H groups in total. The highest BCUT2D eigenvalue weighted by molar-refractivity contribution is 9.10. The van der Waals surface area contributed by atoms with Crippen molar-refractivity contribution < 1.29 is 27.9 Å². The number of anilines is 1.